The van der Waals surface area contributed by atoms with Crippen molar-refractivity contribution < 1.29 is 5.11 Å². The molecular formula is C5H10NO. The topological polar surface area (TPSA) is 32.6 Å². The first-order valence-corrected chi connectivity index (χ1v) is 2.15. The normalized spacial score (nSPS) is 13.1. The molecule has 0 aliphatic rings. The minimum absolute atomic E-state index is 0.787. The lowest BCUT2D eigenvalue weighted by Gasteiger charge is -1.93. The zero-order valence-electron chi connectivity index (χ0n) is 4.68. The van der Waals surface area contributed by atoms with Crippen molar-refractivity contribution in [3.05, 3.63) is 6.92 Å². The van der Waals surface area contributed by atoms with Gasteiger partial charge in [-0.25, -0.2) is 0 Å². The lowest BCUT2D eigenvalue weighted by molar-refractivity contribution is 0.231. The van der Waals surface area contributed by atoms with Crippen LogP contribution >= 0.6 is 0 Å². The molecule has 1 N–H and O–H groups in total. The van der Waals surface area contributed by atoms with Gasteiger partial charge in [0.05, 0.1) is 0 Å². The highest BCUT2D eigenvalue weighted by atomic mass is 16.3. The highest BCUT2D eigenvalue weighted by Gasteiger charge is 1.84. The van der Waals surface area contributed by atoms with Crippen LogP contribution in [-0.4, -0.2) is 17.0 Å². The van der Waals surface area contributed by atoms with Crippen molar-refractivity contribution in [3.63, 3.8) is 0 Å². The van der Waals surface area contributed by atoms with Gasteiger partial charge in [0.1, 0.15) is 6.23 Å². The summed E-state index contributed by atoms with van der Waals surface area (Å²) >= 11 is 0. The van der Waals surface area contributed by atoms with Crippen molar-refractivity contribution in [1.82, 2.24) is 0 Å². The third-order valence-corrected chi connectivity index (χ3v) is 0.407. The molecule has 0 aromatic carbocycles. The van der Waals surface area contributed by atoms with Crippen LogP contribution in [0.3, 0.4) is 0 Å². The first kappa shape index (κ1) is 6.63. The molecule has 0 aromatic heterocycles. The van der Waals surface area contributed by atoms with Crippen LogP contribution in [0.2, 0.25) is 0 Å². The van der Waals surface area contributed by atoms with E-state index in [9.17, 15) is 0 Å². The van der Waals surface area contributed by atoms with Crippen LogP contribution in [0.4, 0.5) is 0 Å². The summed E-state index contributed by atoms with van der Waals surface area (Å²) in [5.41, 5.74) is 0.850. The number of rotatable bonds is 1. The van der Waals surface area contributed by atoms with E-state index < -0.39 is 6.23 Å². The van der Waals surface area contributed by atoms with Crippen LogP contribution in [0, 0.1) is 6.92 Å². The van der Waals surface area contributed by atoms with Crippen molar-refractivity contribution in [3.8, 4) is 0 Å². The molecule has 0 rings (SSSR count). The molecule has 0 spiro atoms. The van der Waals surface area contributed by atoms with Gasteiger partial charge in [0.15, 0.2) is 0 Å². The van der Waals surface area contributed by atoms with Crippen molar-refractivity contribution >= 4 is 5.71 Å². The molecule has 2 heteroatoms. The van der Waals surface area contributed by atoms with Crippen molar-refractivity contribution in [2.45, 2.75) is 20.1 Å². The van der Waals surface area contributed by atoms with Gasteiger partial charge in [0.25, 0.3) is 0 Å². The largest absolute Gasteiger partial charge is 0.372 e. The first-order valence-electron chi connectivity index (χ1n) is 2.15. The average Bonchev–Trinajstić information content (AvgIpc) is 1.27. The highest BCUT2D eigenvalue weighted by Crippen LogP contribution is 1.81. The minimum Gasteiger partial charge on any atom is -0.372 e. The summed E-state index contributed by atoms with van der Waals surface area (Å²) in [7, 11) is 0. The van der Waals surface area contributed by atoms with Gasteiger partial charge in [-0.1, -0.05) is 0 Å². The molecule has 0 aromatic rings. The van der Waals surface area contributed by atoms with E-state index in [1.165, 1.54) is 0 Å². The molecule has 0 saturated carbocycles. The molecule has 0 fully saturated rings. The third-order valence-electron chi connectivity index (χ3n) is 0.407. The number of nitrogens with zero attached hydrogens (tertiary/aromatic N) is 1. The lowest BCUT2D eigenvalue weighted by Crippen LogP contribution is -1.97. The summed E-state index contributed by atoms with van der Waals surface area (Å²) in [6.45, 7) is 6.87. The molecule has 0 aliphatic carbocycles. The fourth-order valence-corrected chi connectivity index (χ4v) is 0.298. The van der Waals surface area contributed by atoms with E-state index in [-0.39, 0.29) is 0 Å². The molecule has 1 atom stereocenters. The Hall–Kier alpha value is -0.370. The van der Waals surface area contributed by atoms with Gasteiger partial charge in [-0.3, -0.25) is 4.99 Å². The molecule has 41 valence electrons. The Morgan fingerprint density at radius 3 is 2.14 bits per heavy atom. The van der Waals surface area contributed by atoms with E-state index in [0.29, 0.717) is 0 Å². The highest BCUT2D eigenvalue weighted by molar-refractivity contribution is 5.79. The second-order valence-corrected chi connectivity index (χ2v) is 1.56. The molecule has 0 saturated heterocycles. The molecule has 0 bridgehead atoms. The monoisotopic (exact) mass is 100 g/mol. The van der Waals surface area contributed by atoms with E-state index in [4.69, 9.17) is 5.11 Å². The van der Waals surface area contributed by atoms with Crippen LogP contribution < -0.4 is 0 Å². The number of hydrogen-bond donors (Lipinski definition) is 1. The van der Waals surface area contributed by atoms with Crippen molar-refractivity contribution in [2.75, 3.05) is 0 Å². The van der Waals surface area contributed by atoms with Gasteiger partial charge in [-0.05, 0) is 20.8 Å². The van der Waals surface area contributed by atoms with Crippen LogP contribution in [0.5, 0.6) is 0 Å². The minimum atomic E-state index is -0.787. The maximum atomic E-state index is 8.42. The summed E-state index contributed by atoms with van der Waals surface area (Å²) in [6, 6.07) is 0. The van der Waals surface area contributed by atoms with E-state index in [2.05, 4.69) is 11.9 Å². The summed E-state index contributed by atoms with van der Waals surface area (Å²) < 4.78 is 0. The maximum absolute atomic E-state index is 8.42. The van der Waals surface area contributed by atoms with Crippen LogP contribution in [0.15, 0.2) is 4.99 Å². The van der Waals surface area contributed by atoms with Gasteiger partial charge in [-0.15, -0.1) is 0 Å². The molecule has 1 radical (unpaired) electrons. The van der Waals surface area contributed by atoms with E-state index in [0.717, 1.165) is 5.71 Å². The molecule has 1 unspecified atom stereocenters. The molecule has 2 nitrogen and oxygen atoms in total. The Bertz CT molecular complexity index is 72.1. The molecule has 0 amide bonds. The Morgan fingerprint density at radius 1 is 1.71 bits per heavy atom. The van der Waals surface area contributed by atoms with Gasteiger partial charge in [0.2, 0.25) is 0 Å². The van der Waals surface area contributed by atoms with Crippen molar-refractivity contribution in [2.24, 2.45) is 4.99 Å². The lowest BCUT2D eigenvalue weighted by atomic mass is 10.5. The maximum Gasteiger partial charge on any atom is 0.145 e. The van der Waals surface area contributed by atoms with Gasteiger partial charge in [-0.2, -0.15) is 0 Å². The van der Waals surface area contributed by atoms with Crippen LogP contribution in [0.25, 0.3) is 0 Å². The predicted octanol–water partition coefficient (Wildman–Crippen LogP) is 0.620. The van der Waals surface area contributed by atoms with E-state index in [1.54, 1.807) is 0 Å². The summed E-state index contributed by atoms with van der Waals surface area (Å²) in [5.74, 6) is 0. The zero-order chi connectivity index (χ0) is 5.86. The Balaban J connectivity index is 3.45. The number of aliphatic imine (C=N–C) groups is 1. The van der Waals surface area contributed by atoms with Gasteiger partial charge in [0, 0.05) is 5.71 Å². The molecule has 0 heterocycles. The average molecular weight is 100 g/mol. The fourth-order valence-electron chi connectivity index (χ4n) is 0.298. The van der Waals surface area contributed by atoms with E-state index in [1.807, 2.05) is 13.8 Å². The number of hydrogen-bond acceptors (Lipinski definition) is 2. The third kappa shape index (κ3) is 5.63. The van der Waals surface area contributed by atoms with Crippen molar-refractivity contribution in [1.29, 1.82) is 0 Å². The first-order chi connectivity index (χ1) is 3.13. The molecular weight excluding hydrogens is 90.1 g/mol. The predicted molar refractivity (Wildman–Crippen MR) is 30.1 cm³/mol. The zero-order valence-corrected chi connectivity index (χ0v) is 4.68. The fraction of sp³-hybridized carbons (Fsp3) is 0.600. The van der Waals surface area contributed by atoms with E-state index >= 15 is 0 Å². The standard InChI is InChI=1S/C5H10NO/c1-4(2)6-5(3)7/h5,7H,3H2,1-2H3. The summed E-state index contributed by atoms with van der Waals surface area (Å²) in [6.07, 6.45) is -0.787. The summed E-state index contributed by atoms with van der Waals surface area (Å²) in [5, 5.41) is 8.42. The smallest absolute Gasteiger partial charge is 0.145 e. The Labute approximate surface area is 43.9 Å². The summed E-state index contributed by atoms with van der Waals surface area (Å²) in [4.78, 5) is 3.64. The quantitative estimate of drug-likeness (QED) is 0.481. The Kier molecular flexibility index (Phi) is 2.60. The molecule has 0 aliphatic heterocycles. The van der Waals surface area contributed by atoms with Crippen LogP contribution in [-0.2, 0) is 0 Å². The number of aliphatic hydroxyl groups excluding tert-OH is 1. The Morgan fingerprint density at radius 2 is 2.14 bits per heavy atom. The van der Waals surface area contributed by atoms with Gasteiger partial charge < -0.3 is 5.11 Å². The van der Waals surface area contributed by atoms with Crippen LogP contribution in [0.1, 0.15) is 13.8 Å². The SMILES string of the molecule is [CH2]C(O)N=C(C)C. The second kappa shape index (κ2) is 2.75. The number of aliphatic hydroxyl groups is 1. The van der Waals surface area contributed by atoms with Gasteiger partial charge >= 0.3 is 0 Å². The second-order valence-electron chi connectivity index (χ2n) is 1.56. The molecule has 7 heavy (non-hydrogen) atoms.